The summed E-state index contributed by atoms with van der Waals surface area (Å²) >= 11 is 6.23. The Hall–Kier alpha value is -3.25. The molecule has 0 spiro atoms. The fourth-order valence-electron chi connectivity index (χ4n) is 3.27. The molecule has 2 N–H and O–H groups in total. The largest absolute Gasteiger partial charge is 0.294 e. The number of aromatic amines is 1. The Morgan fingerprint density at radius 2 is 1.79 bits per heavy atom. The molecule has 4 rings (SSSR count). The normalized spacial score (nSPS) is 11.0. The smallest absolute Gasteiger partial charge is 0.256 e. The molecule has 29 heavy (non-hydrogen) atoms. The number of anilines is 2. The third-order valence-electron chi connectivity index (χ3n) is 4.82. The summed E-state index contributed by atoms with van der Waals surface area (Å²) in [6.45, 7) is 5.78. The number of benzene rings is 2. The molecule has 0 atom stereocenters. The van der Waals surface area contributed by atoms with Gasteiger partial charge >= 0.3 is 0 Å². The molecule has 4 aromatic rings. The molecule has 0 saturated heterocycles. The van der Waals surface area contributed by atoms with E-state index in [1.165, 1.54) is 0 Å². The maximum atomic E-state index is 12.7. The lowest BCUT2D eigenvalue weighted by molar-refractivity contribution is 0.978. The molecule has 0 unspecified atom stereocenters. The summed E-state index contributed by atoms with van der Waals surface area (Å²) in [6.07, 6.45) is 0.416. The summed E-state index contributed by atoms with van der Waals surface area (Å²) in [5.41, 5.74) is 4.72. The average molecular weight is 406 g/mol. The third-order valence-corrected chi connectivity index (χ3v) is 5.19. The molecule has 0 bridgehead atoms. The summed E-state index contributed by atoms with van der Waals surface area (Å²) in [7, 11) is 0. The van der Waals surface area contributed by atoms with Crippen LogP contribution in [0.15, 0.2) is 47.3 Å². The van der Waals surface area contributed by atoms with Gasteiger partial charge in [0, 0.05) is 22.4 Å². The Morgan fingerprint density at radius 3 is 2.55 bits per heavy atom. The molecule has 0 saturated carbocycles. The number of aryl methyl sites for hydroxylation is 3. The van der Waals surface area contributed by atoms with E-state index in [4.69, 9.17) is 11.6 Å². The molecule has 2 heterocycles. The first-order valence-corrected chi connectivity index (χ1v) is 9.64. The lowest BCUT2D eigenvalue weighted by Crippen LogP contribution is -2.19. The number of fused-ring (bicyclic) bond motifs is 1. The predicted octanol–water partition coefficient (Wildman–Crippen LogP) is 4.63. The highest BCUT2D eigenvalue weighted by Crippen LogP contribution is 2.21. The number of halogens is 1. The van der Waals surface area contributed by atoms with Gasteiger partial charge in [-0.15, -0.1) is 0 Å². The van der Waals surface area contributed by atoms with Gasteiger partial charge in [-0.3, -0.25) is 15.1 Å². The average Bonchev–Trinajstić information content (AvgIpc) is 2.67. The van der Waals surface area contributed by atoms with Crippen molar-refractivity contribution in [2.75, 3.05) is 5.32 Å². The summed E-state index contributed by atoms with van der Waals surface area (Å²) in [5, 5.41) is 4.65. The first-order chi connectivity index (χ1) is 13.9. The van der Waals surface area contributed by atoms with Gasteiger partial charge in [-0.25, -0.2) is 15.0 Å². The van der Waals surface area contributed by atoms with Crippen LogP contribution in [0, 0.1) is 20.8 Å². The van der Waals surface area contributed by atoms with Gasteiger partial charge in [0.15, 0.2) is 0 Å². The summed E-state index contributed by atoms with van der Waals surface area (Å²) in [4.78, 5) is 29.0. The zero-order valence-electron chi connectivity index (χ0n) is 16.4. The molecule has 0 aliphatic heterocycles. The van der Waals surface area contributed by atoms with Crippen LogP contribution in [-0.2, 0) is 6.42 Å². The van der Waals surface area contributed by atoms with Crippen molar-refractivity contribution in [3.05, 3.63) is 85.9 Å². The second kappa shape index (κ2) is 7.64. The van der Waals surface area contributed by atoms with Crippen molar-refractivity contribution in [3.63, 3.8) is 0 Å². The van der Waals surface area contributed by atoms with Crippen molar-refractivity contribution in [1.29, 1.82) is 0 Å². The zero-order valence-corrected chi connectivity index (χ0v) is 17.1. The van der Waals surface area contributed by atoms with Crippen LogP contribution in [0.1, 0.15) is 28.1 Å². The lowest BCUT2D eigenvalue weighted by Gasteiger charge is -2.10. The number of nitrogens with one attached hydrogen (secondary N) is 2. The number of nitrogens with zero attached hydrogens (tertiary/aromatic N) is 3. The van der Waals surface area contributed by atoms with Crippen molar-refractivity contribution in [2.45, 2.75) is 27.2 Å². The van der Waals surface area contributed by atoms with E-state index in [0.29, 0.717) is 34.6 Å². The monoisotopic (exact) mass is 405 g/mol. The molecule has 7 heteroatoms. The van der Waals surface area contributed by atoms with Crippen LogP contribution >= 0.6 is 11.6 Å². The van der Waals surface area contributed by atoms with Gasteiger partial charge in [-0.2, -0.15) is 0 Å². The molecule has 146 valence electrons. The minimum atomic E-state index is -0.215. The number of rotatable bonds is 4. The Labute approximate surface area is 173 Å². The van der Waals surface area contributed by atoms with E-state index in [1.54, 1.807) is 0 Å². The minimum Gasteiger partial charge on any atom is -0.294 e. The molecule has 0 aliphatic rings. The highest BCUT2D eigenvalue weighted by molar-refractivity contribution is 6.31. The van der Waals surface area contributed by atoms with Crippen LogP contribution in [0.5, 0.6) is 0 Å². The molecular weight excluding hydrogens is 386 g/mol. The molecular formula is C22H20ClN5O. The molecule has 0 amide bonds. The van der Waals surface area contributed by atoms with Crippen molar-refractivity contribution in [1.82, 2.24) is 19.9 Å². The van der Waals surface area contributed by atoms with Gasteiger partial charge in [-0.05, 0) is 44.5 Å². The van der Waals surface area contributed by atoms with E-state index in [1.807, 2.05) is 57.2 Å². The fraction of sp³-hybridized carbons (Fsp3) is 0.182. The number of aromatic nitrogens is 4. The predicted molar refractivity (Wildman–Crippen MR) is 116 cm³/mol. The molecule has 2 aromatic heterocycles. The van der Waals surface area contributed by atoms with Gasteiger partial charge < -0.3 is 0 Å². The van der Waals surface area contributed by atoms with Gasteiger partial charge in [0.05, 0.1) is 16.9 Å². The fourth-order valence-corrected chi connectivity index (χ4v) is 3.47. The first-order valence-electron chi connectivity index (χ1n) is 9.26. The first kappa shape index (κ1) is 19.1. The number of H-pyrrole nitrogens is 1. The van der Waals surface area contributed by atoms with Crippen molar-refractivity contribution in [3.8, 4) is 0 Å². The Morgan fingerprint density at radius 1 is 1.00 bits per heavy atom. The van der Waals surface area contributed by atoms with Gasteiger partial charge in [-0.1, -0.05) is 41.4 Å². The van der Waals surface area contributed by atoms with E-state index >= 15 is 0 Å². The highest BCUT2D eigenvalue weighted by Gasteiger charge is 2.12. The summed E-state index contributed by atoms with van der Waals surface area (Å²) in [6, 6.07) is 13.5. The third kappa shape index (κ3) is 3.98. The van der Waals surface area contributed by atoms with E-state index < -0.39 is 0 Å². The summed E-state index contributed by atoms with van der Waals surface area (Å²) in [5.74, 6) is 0.696. The lowest BCUT2D eigenvalue weighted by atomic mass is 10.1. The van der Waals surface area contributed by atoms with Crippen molar-refractivity contribution < 1.29 is 0 Å². The number of hydrogen-bond donors (Lipinski definition) is 2. The Balaban J connectivity index is 1.65. The Kier molecular flexibility index (Phi) is 5.03. The van der Waals surface area contributed by atoms with Gasteiger partial charge in [0.25, 0.3) is 5.56 Å². The SMILES string of the molecule is Cc1ccc2nc(Nc3nc(C)c(Cc4ccccc4Cl)c(=O)[nH]3)nc(C)c2c1. The second-order valence-electron chi connectivity index (χ2n) is 7.02. The van der Waals surface area contributed by atoms with Crippen LogP contribution in [0.25, 0.3) is 10.9 Å². The van der Waals surface area contributed by atoms with Crippen molar-refractivity contribution >= 4 is 34.4 Å². The van der Waals surface area contributed by atoms with Crippen LogP contribution in [0.4, 0.5) is 11.9 Å². The molecule has 0 radical (unpaired) electrons. The van der Waals surface area contributed by atoms with E-state index in [-0.39, 0.29) is 5.56 Å². The van der Waals surface area contributed by atoms with E-state index in [9.17, 15) is 4.79 Å². The maximum Gasteiger partial charge on any atom is 0.256 e. The standard InChI is InChI=1S/C22H20ClN5O/c1-12-8-9-19-16(10-12)13(2)24-21(26-19)28-22-25-14(3)17(20(29)27-22)11-15-6-4-5-7-18(15)23/h4-10H,11H2,1-3H3,(H2,24,25,26,27,28,29). The maximum absolute atomic E-state index is 12.7. The zero-order chi connectivity index (χ0) is 20.5. The number of hydrogen-bond acceptors (Lipinski definition) is 5. The van der Waals surface area contributed by atoms with E-state index in [2.05, 4.69) is 31.3 Å². The molecule has 6 nitrogen and oxygen atoms in total. The van der Waals surface area contributed by atoms with Crippen LogP contribution < -0.4 is 10.9 Å². The molecule has 0 aliphatic carbocycles. The topological polar surface area (TPSA) is 83.6 Å². The summed E-state index contributed by atoms with van der Waals surface area (Å²) < 4.78 is 0. The Bertz CT molecular complexity index is 1280. The van der Waals surface area contributed by atoms with Crippen LogP contribution in [0.2, 0.25) is 5.02 Å². The van der Waals surface area contributed by atoms with E-state index in [0.717, 1.165) is 27.7 Å². The van der Waals surface area contributed by atoms with Crippen LogP contribution in [0.3, 0.4) is 0 Å². The molecule has 2 aromatic carbocycles. The minimum absolute atomic E-state index is 0.215. The van der Waals surface area contributed by atoms with Crippen molar-refractivity contribution in [2.24, 2.45) is 0 Å². The van der Waals surface area contributed by atoms with Gasteiger partial charge in [0.2, 0.25) is 11.9 Å². The second-order valence-corrected chi connectivity index (χ2v) is 7.43. The highest BCUT2D eigenvalue weighted by atomic mass is 35.5. The quantitative estimate of drug-likeness (QED) is 0.517. The van der Waals surface area contributed by atoms with Crippen LogP contribution in [-0.4, -0.2) is 19.9 Å². The molecule has 0 fully saturated rings. The van der Waals surface area contributed by atoms with Gasteiger partial charge in [0.1, 0.15) is 0 Å².